The molecule has 1 aromatic heterocycles. The van der Waals surface area contributed by atoms with Crippen LogP contribution in [0, 0.1) is 10.1 Å². The van der Waals surface area contributed by atoms with Gasteiger partial charge in [-0.2, -0.15) is 35.1 Å². The summed E-state index contributed by atoms with van der Waals surface area (Å²) in [5.41, 5.74) is -3.39. The molecule has 0 saturated carbocycles. The normalized spacial score (nSPS) is 13.7. The number of halogens is 10. The second kappa shape index (κ2) is 6.07. The number of rotatable bonds is 6. The van der Waals surface area contributed by atoms with Crippen LogP contribution in [0.1, 0.15) is 12.5 Å². The van der Waals surface area contributed by atoms with E-state index in [0.29, 0.717) is 0 Å². The Morgan fingerprint density at radius 1 is 1.16 bits per heavy atom. The van der Waals surface area contributed by atoms with Crippen molar-refractivity contribution in [2.24, 2.45) is 0 Å². The summed E-state index contributed by atoms with van der Waals surface area (Å²) >= 11 is 4.52. The first-order chi connectivity index (χ1) is 10.9. The predicted octanol–water partition coefficient (Wildman–Crippen LogP) is 4.85. The molecule has 0 atom stereocenters. The van der Waals surface area contributed by atoms with E-state index in [4.69, 9.17) is 0 Å². The molecule has 0 aliphatic rings. The zero-order valence-corrected chi connectivity index (χ0v) is 12.3. The lowest BCUT2D eigenvalue weighted by molar-refractivity contribution is -0.385. The standard InChI is InChI=1S/C10H5ClF9N3O2/c1-7(12,13)9(16,17)10(18,19)22(20)6-5(23(24)25)2-4(3-21-6)8(11,14)15/h2-3H,1H3. The molecule has 0 saturated heterocycles. The van der Waals surface area contributed by atoms with E-state index in [2.05, 4.69) is 16.6 Å². The molecule has 1 aromatic rings. The van der Waals surface area contributed by atoms with E-state index in [-0.39, 0.29) is 12.3 Å². The molecule has 5 nitrogen and oxygen atoms in total. The predicted molar refractivity (Wildman–Crippen MR) is 64.7 cm³/mol. The SMILES string of the molecule is CC(F)(F)C(F)(F)C(F)(F)N(F)c1ncc(C(F)(F)Cl)cc1[N+](=O)[O-]. The molecule has 0 unspecified atom stereocenters. The Morgan fingerprint density at radius 2 is 1.64 bits per heavy atom. The van der Waals surface area contributed by atoms with Gasteiger partial charge in [0.1, 0.15) is 0 Å². The van der Waals surface area contributed by atoms with Crippen LogP contribution >= 0.6 is 11.6 Å². The largest absolute Gasteiger partial charge is 0.421 e. The van der Waals surface area contributed by atoms with Gasteiger partial charge in [0, 0.05) is 19.2 Å². The lowest BCUT2D eigenvalue weighted by Crippen LogP contribution is -2.59. The van der Waals surface area contributed by atoms with Crippen molar-refractivity contribution in [2.75, 3.05) is 5.12 Å². The number of pyridine rings is 1. The van der Waals surface area contributed by atoms with E-state index >= 15 is 0 Å². The third-order valence-electron chi connectivity index (χ3n) is 2.73. The van der Waals surface area contributed by atoms with Gasteiger partial charge in [-0.1, -0.05) is 4.48 Å². The molecule has 0 bridgehead atoms. The molecule has 15 heteroatoms. The molecular formula is C10H5ClF9N3O2. The summed E-state index contributed by atoms with van der Waals surface area (Å²) in [5.74, 6) is -14.0. The molecule has 142 valence electrons. The molecule has 0 radical (unpaired) electrons. The molecule has 1 heterocycles. The van der Waals surface area contributed by atoms with E-state index < -0.39 is 57.3 Å². The van der Waals surface area contributed by atoms with Crippen molar-refractivity contribution in [1.29, 1.82) is 0 Å². The molecule has 0 aliphatic heterocycles. The van der Waals surface area contributed by atoms with E-state index in [9.17, 15) is 49.7 Å². The van der Waals surface area contributed by atoms with Gasteiger partial charge in [-0.25, -0.2) is 4.98 Å². The third kappa shape index (κ3) is 3.67. The molecule has 0 spiro atoms. The Labute approximate surface area is 137 Å². The number of hydrogen-bond donors (Lipinski definition) is 0. The smallest absolute Gasteiger partial charge is 0.258 e. The third-order valence-corrected chi connectivity index (χ3v) is 2.95. The fourth-order valence-electron chi connectivity index (χ4n) is 1.41. The minimum Gasteiger partial charge on any atom is -0.258 e. The van der Waals surface area contributed by atoms with Crippen LogP contribution in [0.5, 0.6) is 0 Å². The Bertz CT molecular complexity index is 675. The van der Waals surface area contributed by atoms with Crippen molar-refractivity contribution < 1.29 is 44.5 Å². The minimum absolute atomic E-state index is 0.125. The van der Waals surface area contributed by atoms with E-state index in [1.165, 1.54) is 0 Å². The summed E-state index contributed by atoms with van der Waals surface area (Å²) in [6.07, 6.45) is -0.125. The quantitative estimate of drug-likeness (QED) is 0.169. The van der Waals surface area contributed by atoms with Crippen molar-refractivity contribution in [3.63, 3.8) is 0 Å². The highest BCUT2D eigenvalue weighted by Crippen LogP contribution is 2.49. The first kappa shape index (κ1) is 21.1. The monoisotopic (exact) mass is 405 g/mol. The van der Waals surface area contributed by atoms with Crippen LogP contribution < -0.4 is 5.12 Å². The molecule has 0 fully saturated rings. The molecule has 0 amide bonds. The van der Waals surface area contributed by atoms with E-state index in [0.717, 1.165) is 0 Å². The van der Waals surface area contributed by atoms with E-state index in [1.54, 1.807) is 0 Å². The number of aromatic nitrogens is 1. The second-order valence-corrected chi connectivity index (χ2v) is 5.08. The average molecular weight is 406 g/mol. The van der Waals surface area contributed by atoms with Gasteiger partial charge in [-0.05, 0) is 11.6 Å². The lowest BCUT2D eigenvalue weighted by atomic mass is 10.1. The van der Waals surface area contributed by atoms with Crippen molar-refractivity contribution in [2.45, 2.75) is 30.2 Å². The molecule has 1 rings (SSSR count). The first-order valence-electron chi connectivity index (χ1n) is 5.75. The van der Waals surface area contributed by atoms with Gasteiger partial charge >= 0.3 is 29.0 Å². The summed E-state index contributed by atoms with van der Waals surface area (Å²) in [6.45, 7) is -0.645. The van der Waals surface area contributed by atoms with Crippen molar-refractivity contribution in [1.82, 2.24) is 4.98 Å². The average Bonchev–Trinajstić information content (AvgIpc) is 2.43. The molecule has 0 aliphatic carbocycles. The van der Waals surface area contributed by atoms with Crippen LogP contribution in [-0.4, -0.2) is 27.8 Å². The first-order valence-corrected chi connectivity index (χ1v) is 6.13. The Balaban J connectivity index is 3.52. The zero-order chi connectivity index (χ0) is 20.0. The number of anilines is 1. The number of nitro groups is 1. The molecule has 25 heavy (non-hydrogen) atoms. The second-order valence-electron chi connectivity index (χ2n) is 4.61. The number of hydrogen-bond acceptors (Lipinski definition) is 4. The van der Waals surface area contributed by atoms with Crippen molar-refractivity contribution in [3.8, 4) is 0 Å². The van der Waals surface area contributed by atoms with Gasteiger partial charge in [0.2, 0.25) is 5.82 Å². The van der Waals surface area contributed by atoms with Crippen molar-refractivity contribution >= 4 is 23.1 Å². The highest BCUT2D eigenvalue weighted by atomic mass is 35.5. The van der Waals surface area contributed by atoms with Crippen molar-refractivity contribution in [3.05, 3.63) is 27.9 Å². The summed E-state index contributed by atoms with van der Waals surface area (Å²) in [4.78, 5) is 11.5. The molecule has 0 N–H and O–H groups in total. The fourth-order valence-corrected chi connectivity index (χ4v) is 1.51. The minimum atomic E-state index is -6.33. The van der Waals surface area contributed by atoms with Crippen LogP contribution in [0.2, 0.25) is 0 Å². The summed E-state index contributed by atoms with van der Waals surface area (Å²) < 4.78 is 118. The highest BCUT2D eigenvalue weighted by molar-refractivity contribution is 6.21. The molecular weight excluding hydrogens is 401 g/mol. The number of nitrogens with zero attached hydrogens (tertiary/aromatic N) is 3. The lowest BCUT2D eigenvalue weighted by Gasteiger charge is -2.33. The van der Waals surface area contributed by atoms with Gasteiger partial charge < -0.3 is 0 Å². The maximum Gasteiger partial charge on any atom is 0.421 e. The van der Waals surface area contributed by atoms with Gasteiger partial charge in [0.15, 0.2) is 0 Å². The van der Waals surface area contributed by atoms with Crippen LogP contribution in [0.15, 0.2) is 12.3 Å². The van der Waals surface area contributed by atoms with Crippen LogP contribution in [0.25, 0.3) is 0 Å². The van der Waals surface area contributed by atoms with Gasteiger partial charge in [0.25, 0.3) is 0 Å². The maximum atomic E-state index is 13.7. The van der Waals surface area contributed by atoms with Gasteiger partial charge in [0.05, 0.1) is 10.5 Å². The van der Waals surface area contributed by atoms with Crippen LogP contribution in [0.3, 0.4) is 0 Å². The number of alkyl halides is 9. The Hall–Kier alpha value is -1.99. The van der Waals surface area contributed by atoms with Crippen LogP contribution in [0.4, 0.5) is 51.1 Å². The Kier molecular flexibility index (Phi) is 5.11. The van der Waals surface area contributed by atoms with E-state index in [1.807, 2.05) is 0 Å². The summed E-state index contributed by atoms with van der Waals surface area (Å²) in [7, 11) is 0. The summed E-state index contributed by atoms with van der Waals surface area (Å²) in [5, 5.41) is 4.00. The zero-order valence-electron chi connectivity index (χ0n) is 11.6. The maximum absolute atomic E-state index is 13.7. The van der Waals surface area contributed by atoms with Crippen LogP contribution in [-0.2, 0) is 5.38 Å². The topological polar surface area (TPSA) is 59.3 Å². The highest BCUT2D eigenvalue weighted by Gasteiger charge is 2.73. The molecule has 0 aromatic carbocycles. The Morgan fingerprint density at radius 3 is 2.00 bits per heavy atom. The van der Waals surface area contributed by atoms with Gasteiger partial charge in [-0.15, -0.1) is 5.12 Å². The summed E-state index contributed by atoms with van der Waals surface area (Å²) in [6, 6.07) is -6.53. The van der Waals surface area contributed by atoms with Gasteiger partial charge in [-0.3, -0.25) is 10.1 Å². The fraction of sp³-hybridized carbons (Fsp3) is 0.500.